The van der Waals surface area contributed by atoms with Crippen molar-refractivity contribution in [2.45, 2.75) is 9.79 Å². The third-order valence-electron chi connectivity index (χ3n) is 4.01. The summed E-state index contributed by atoms with van der Waals surface area (Å²) in [5.41, 5.74) is -0.880. The summed E-state index contributed by atoms with van der Waals surface area (Å²) in [5.74, 6) is 0. The van der Waals surface area contributed by atoms with Crippen molar-refractivity contribution in [2.75, 3.05) is 26.2 Å². The van der Waals surface area contributed by atoms with E-state index in [1.807, 2.05) is 0 Å². The van der Waals surface area contributed by atoms with Crippen LogP contribution >= 0.6 is 0 Å². The summed E-state index contributed by atoms with van der Waals surface area (Å²) in [6.07, 6.45) is 0. The van der Waals surface area contributed by atoms with Crippen LogP contribution in [0.2, 0.25) is 0 Å². The van der Waals surface area contributed by atoms with Gasteiger partial charge >= 0.3 is 0 Å². The number of hydrogen-bond acceptors (Lipinski definition) is 9. The van der Waals surface area contributed by atoms with Crippen LogP contribution in [0.4, 0.5) is 11.4 Å². The van der Waals surface area contributed by atoms with Crippen LogP contribution in [-0.4, -0.2) is 62.3 Å². The van der Waals surface area contributed by atoms with E-state index < -0.39 is 65.9 Å². The number of aliphatic hydroxyl groups excluding tert-OH is 1. The molecular weight excluding hydrogens is 456 g/mol. The standard InChI is InChI=1S/C16H18N4O9S2/c21-10-9-18(31(28,29)16-6-2-4-14(12-16)20(24)25)8-7-17-30(26,27)15-5-1-3-13(11-15)19(22)23/h1-6,11-12,17,21H,7-10H2. The predicted octanol–water partition coefficient (Wildman–Crippen LogP) is 0.464. The van der Waals surface area contributed by atoms with Crippen molar-refractivity contribution in [2.24, 2.45) is 0 Å². The Morgan fingerprint density at radius 1 is 0.871 bits per heavy atom. The van der Waals surface area contributed by atoms with E-state index in [4.69, 9.17) is 0 Å². The van der Waals surface area contributed by atoms with E-state index in [1.165, 1.54) is 12.1 Å². The number of rotatable bonds is 11. The highest BCUT2D eigenvalue weighted by Crippen LogP contribution is 2.21. The summed E-state index contributed by atoms with van der Waals surface area (Å²) in [6.45, 7) is -1.78. The number of nitro benzene ring substituents is 2. The van der Waals surface area contributed by atoms with E-state index in [1.54, 1.807) is 0 Å². The Kier molecular flexibility index (Phi) is 7.75. The van der Waals surface area contributed by atoms with Gasteiger partial charge in [-0.2, -0.15) is 4.31 Å². The van der Waals surface area contributed by atoms with E-state index in [2.05, 4.69) is 4.72 Å². The largest absolute Gasteiger partial charge is 0.395 e. The number of nitrogens with zero attached hydrogens (tertiary/aromatic N) is 3. The highest BCUT2D eigenvalue weighted by atomic mass is 32.2. The lowest BCUT2D eigenvalue weighted by atomic mass is 10.3. The summed E-state index contributed by atoms with van der Waals surface area (Å²) in [4.78, 5) is 19.4. The molecule has 0 amide bonds. The zero-order valence-electron chi connectivity index (χ0n) is 15.8. The zero-order chi connectivity index (χ0) is 23.2. The topological polar surface area (TPSA) is 190 Å². The van der Waals surface area contributed by atoms with Crippen molar-refractivity contribution in [1.82, 2.24) is 9.03 Å². The number of sulfonamides is 2. The smallest absolute Gasteiger partial charge is 0.270 e. The number of hydrogen-bond donors (Lipinski definition) is 2. The first-order valence-corrected chi connectivity index (χ1v) is 11.5. The van der Waals surface area contributed by atoms with Gasteiger partial charge in [0.2, 0.25) is 20.0 Å². The fraction of sp³-hybridized carbons (Fsp3) is 0.250. The molecule has 0 spiro atoms. The van der Waals surface area contributed by atoms with Crippen LogP contribution < -0.4 is 4.72 Å². The lowest BCUT2D eigenvalue weighted by Crippen LogP contribution is -2.40. The van der Waals surface area contributed by atoms with Gasteiger partial charge in [0.1, 0.15) is 0 Å². The molecule has 15 heteroatoms. The van der Waals surface area contributed by atoms with Crippen molar-refractivity contribution in [3.8, 4) is 0 Å². The molecule has 0 bridgehead atoms. The molecule has 2 aromatic rings. The molecule has 13 nitrogen and oxygen atoms in total. The minimum Gasteiger partial charge on any atom is -0.395 e. The van der Waals surface area contributed by atoms with Gasteiger partial charge in [-0.05, 0) is 12.1 Å². The molecule has 2 rings (SSSR count). The van der Waals surface area contributed by atoms with Crippen LogP contribution in [0.3, 0.4) is 0 Å². The maximum absolute atomic E-state index is 12.8. The van der Waals surface area contributed by atoms with Gasteiger partial charge in [-0.15, -0.1) is 0 Å². The number of non-ortho nitro benzene ring substituents is 2. The highest BCUT2D eigenvalue weighted by Gasteiger charge is 2.26. The average Bonchev–Trinajstić information content (AvgIpc) is 2.73. The van der Waals surface area contributed by atoms with Crippen molar-refractivity contribution in [3.05, 3.63) is 68.8 Å². The third-order valence-corrected chi connectivity index (χ3v) is 7.36. The predicted molar refractivity (Wildman–Crippen MR) is 107 cm³/mol. The molecule has 0 aliphatic carbocycles. The number of aliphatic hydroxyl groups is 1. The lowest BCUT2D eigenvalue weighted by molar-refractivity contribution is -0.385. The van der Waals surface area contributed by atoms with Crippen LogP contribution in [0, 0.1) is 20.2 Å². The summed E-state index contributed by atoms with van der Waals surface area (Å²) < 4.78 is 53.2. The highest BCUT2D eigenvalue weighted by molar-refractivity contribution is 7.89. The van der Waals surface area contributed by atoms with Crippen molar-refractivity contribution < 1.29 is 31.8 Å². The molecule has 2 N–H and O–H groups in total. The molecule has 0 radical (unpaired) electrons. The zero-order valence-corrected chi connectivity index (χ0v) is 17.5. The normalized spacial score (nSPS) is 12.1. The second-order valence-electron chi connectivity index (χ2n) is 6.03. The number of nitrogens with one attached hydrogen (secondary N) is 1. The van der Waals surface area contributed by atoms with E-state index in [0.717, 1.165) is 40.7 Å². The molecule has 0 aliphatic heterocycles. The van der Waals surface area contributed by atoms with Gasteiger partial charge in [0.15, 0.2) is 0 Å². The molecule has 2 aromatic carbocycles. The van der Waals surface area contributed by atoms with E-state index in [9.17, 15) is 42.2 Å². The van der Waals surface area contributed by atoms with Gasteiger partial charge in [0, 0.05) is 43.9 Å². The Morgan fingerprint density at radius 2 is 1.39 bits per heavy atom. The van der Waals surface area contributed by atoms with Crippen LogP contribution in [0.25, 0.3) is 0 Å². The Labute approximate surface area is 177 Å². The maximum atomic E-state index is 12.8. The molecule has 0 unspecified atom stereocenters. The van der Waals surface area contributed by atoms with E-state index in [0.29, 0.717) is 0 Å². The summed E-state index contributed by atoms with van der Waals surface area (Å²) >= 11 is 0. The Morgan fingerprint density at radius 3 is 1.90 bits per heavy atom. The molecule has 0 aliphatic rings. The van der Waals surface area contributed by atoms with Crippen molar-refractivity contribution in [1.29, 1.82) is 0 Å². The first-order valence-electron chi connectivity index (χ1n) is 8.58. The van der Waals surface area contributed by atoms with Gasteiger partial charge in [0.05, 0.1) is 26.2 Å². The summed E-state index contributed by atoms with van der Waals surface area (Å²) in [6, 6.07) is 8.60. The van der Waals surface area contributed by atoms with Crippen molar-refractivity contribution >= 4 is 31.4 Å². The number of benzene rings is 2. The van der Waals surface area contributed by atoms with Gasteiger partial charge in [-0.25, -0.2) is 21.6 Å². The molecular formula is C16H18N4O9S2. The van der Waals surface area contributed by atoms with Gasteiger partial charge in [0.25, 0.3) is 11.4 Å². The van der Waals surface area contributed by atoms with Gasteiger partial charge in [-0.3, -0.25) is 20.2 Å². The Bertz CT molecular complexity index is 1180. The average molecular weight is 474 g/mol. The second kappa shape index (κ2) is 9.88. The SMILES string of the molecule is O=[N+]([O-])c1cccc(S(=O)(=O)NCCN(CCO)S(=O)(=O)c2cccc([N+](=O)[O-])c2)c1. The Balaban J connectivity index is 2.18. The van der Waals surface area contributed by atoms with Crippen LogP contribution in [-0.2, 0) is 20.0 Å². The molecule has 0 fully saturated rings. The molecule has 0 atom stereocenters. The molecule has 168 valence electrons. The Hall–Kier alpha value is -2.98. The second-order valence-corrected chi connectivity index (χ2v) is 9.74. The summed E-state index contributed by atoms with van der Waals surface area (Å²) in [7, 11) is -8.46. The first kappa shape index (κ1) is 24.3. The lowest BCUT2D eigenvalue weighted by Gasteiger charge is -2.21. The fourth-order valence-electron chi connectivity index (χ4n) is 2.52. The van der Waals surface area contributed by atoms with Crippen LogP contribution in [0.5, 0.6) is 0 Å². The molecule has 0 saturated carbocycles. The fourth-order valence-corrected chi connectivity index (χ4v) is 5.05. The van der Waals surface area contributed by atoms with E-state index >= 15 is 0 Å². The first-order chi connectivity index (χ1) is 14.5. The molecule has 0 aromatic heterocycles. The maximum Gasteiger partial charge on any atom is 0.270 e. The number of nitro groups is 2. The van der Waals surface area contributed by atoms with Gasteiger partial charge in [-0.1, -0.05) is 12.1 Å². The minimum absolute atomic E-state index is 0.378. The van der Waals surface area contributed by atoms with Crippen LogP contribution in [0.1, 0.15) is 0 Å². The van der Waals surface area contributed by atoms with Crippen molar-refractivity contribution in [3.63, 3.8) is 0 Å². The van der Waals surface area contributed by atoms with Gasteiger partial charge < -0.3 is 5.11 Å². The summed E-state index contributed by atoms with van der Waals surface area (Å²) in [5, 5.41) is 30.9. The van der Waals surface area contributed by atoms with Crippen LogP contribution in [0.15, 0.2) is 58.3 Å². The molecule has 31 heavy (non-hydrogen) atoms. The third kappa shape index (κ3) is 6.02. The monoisotopic (exact) mass is 474 g/mol. The molecule has 0 heterocycles. The molecule has 0 saturated heterocycles. The van der Waals surface area contributed by atoms with E-state index in [-0.39, 0.29) is 11.4 Å². The quantitative estimate of drug-likeness (QED) is 0.344. The minimum atomic E-state index is -4.27.